The molecule has 0 amide bonds. The smallest absolute Gasteiger partial charge is 0.0866 e. The number of piperazine rings is 1. The zero-order valence-corrected chi connectivity index (χ0v) is 8.08. The zero-order chi connectivity index (χ0) is 9.52. The van der Waals surface area contributed by atoms with Crippen molar-refractivity contribution < 1.29 is 0 Å². The summed E-state index contributed by atoms with van der Waals surface area (Å²) in [6.45, 7) is 7.38. The van der Waals surface area contributed by atoms with Gasteiger partial charge >= 0.3 is 0 Å². The second kappa shape index (κ2) is 5.59. The Morgan fingerprint density at radius 2 is 1.62 bits per heavy atom. The first-order valence-electron chi connectivity index (χ1n) is 4.58. The molecule has 0 bridgehead atoms. The van der Waals surface area contributed by atoms with Gasteiger partial charge in [0.2, 0.25) is 0 Å². The van der Waals surface area contributed by atoms with Crippen molar-refractivity contribution in [3.05, 3.63) is 0 Å². The summed E-state index contributed by atoms with van der Waals surface area (Å²) < 4.78 is 0. The molecule has 3 nitrogen and oxygen atoms in total. The fraction of sp³-hybridized carbons (Fsp3) is 0.700. The predicted octanol–water partition coefficient (Wildman–Crippen LogP) is 0.151. The zero-order valence-electron chi connectivity index (χ0n) is 8.08. The van der Waals surface area contributed by atoms with Crippen LogP contribution in [0.25, 0.3) is 0 Å². The monoisotopic (exact) mass is 177 g/mol. The lowest BCUT2D eigenvalue weighted by atomic mass is 10.3. The van der Waals surface area contributed by atoms with Crippen LogP contribution in [-0.2, 0) is 0 Å². The number of nitrogens with zero attached hydrogens (tertiary/aromatic N) is 3. The van der Waals surface area contributed by atoms with Crippen LogP contribution in [0.4, 0.5) is 0 Å². The first-order valence-corrected chi connectivity index (χ1v) is 4.58. The van der Waals surface area contributed by atoms with E-state index in [2.05, 4.69) is 27.7 Å². The molecule has 0 saturated carbocycles. The van der Waals surface area contributed by atoms with E-state index >= 15 is 0 Å². The fourth-order valence-corrected chi connectivity index (χ4v) is 1.40. The molecule has 1 fully saturated rings. The summed E-state index contributed by atoms with van der Waals surface area (Å²) in [6.07, 6.45) is 0. The van der Waals surface area contributed by atoms with Crippen LogP contribution in [-0.4, -0.2) is 49.1 Å². The third-order valence-corrected chi connectivity index (χ3v) is 2.24. The van der Waals surface area contributed by atoms with E-state index in [0.29, 0.717) is 6.54 Å². The molecule has 0 aromatic carbocycles. The molecule has 1 saturated heterocycles. The molecule has 0 radical (unpaired) electrons. The van der Waals surface area contributed by atoms with Gasteiger partial charge in [-0.05, 0) is 6.92 Å². The van der Waals surface area contributed by atoms with Crippen LogP contribution in [0.5, 0.6) is 0 Å². The van der Waals surface area contributed by atoms with Gasteiger partial charge in [0, 0.05) is 26.2 Å². The maximum Gasteiger partial charge on any atom is 0.0866 e. The van der Waals surface area contributed by atoms with Gasteiger partial charge in [0.25, 0.3) is 0 Å². The fourth-order valence-electron chi connectivity index (χ4n) is 1.40. The molecule has 1 aliphatic rings. The average molecular weight is 177 g/mol. The molecular weight excluding hydrogens is 162 g/mol. The highest BCUT2D eigenvalue weighted by Crippen LogP contribution is 1.99. The second-order valence-corrected chi connectivity index (χ2v) is 3.14. The van der Waals surface area contributed by atoms with Crippen LogP contribution < -0.4 is 0 Å². The quantitative estimate of drug-likeness (QED) is 0.444. The Hall–Kier alpha value is -1.03. The van der Waals surface area contributed by atoms with Crippen LogP contribution in [0, 0.1) is 23.2 Å². The second-order valence-electron chi connectivity index (χ2n) is 3.14. The maximum atomic E-state index is 8.50. The van der Waals surface area contributed by atoms with Crippen molar-refractivity contribution in [1.29, 1.82) is 5.26 Å². The molecule has 3 heteroatoms. The Balaban J connectivity index is 2.22. The standard InChI is InChI=1S/C10H15N3/c1-2-3-5-12-7-9-13(6-4-11)10-8-12/h5-10H2,1H3. The third kappa shape index (κ3) is 3.46. The Labute approximate surface area is 79.9 Å². The third-order valence-electron chi connectivity index (χ3n) is 2.24. The van der Waals surface area contributed by atoms with E-state index in [9.17, 15) is 0 Å². The van der Waals surface area contributed by atoms with Gasteiger partial charge in [-0.15, -0.1) is 5.92 Å². The lowest BCUT2D eigenvalue weighted by molar-refractivity contribution is 0.157. The molecular formula is C10H15N3. The van der Waals surface area contributed by atoms with E-state index in [4.69, 9.17) is 5.26 Å². The molecule has 0 spiro atoms. The van der Waals surface area contributed by atoms with E-state index in [0.717, 1.165) is 32.7 Å². The predicted molar refractivity (Wildman–Crippen MR) is 51.9 cm³/mol. The Kier molecular flexibility index (Phi) is 4.32. The van der Waals surface area contributed by atoms with Gasteiger partial charge in [0.05, 0.1) is 19.2 Å². The molecule has 0 N–H and O–H groups in total. The molecule has 0 aromatic rings. The van der Waals surface area contributed by atoms with Gasteiger partial charge in [-0.3, -0.25) is 9.80 Å². The minimum absolute atomic E-state index is 0.563. The minimum Gasteiger partial charge on any atom is -0.290 e. The van der Waals surface area contributed by atoms with Crippen molar-refractivity contribution in [3.8, 4) is 17.9 Å². The molecule has 0 aromatic heterocycles. The van der Waals surface area contributed by atoms with E-state index in [1.54, 1.807) is 0 Å². The first-order chi connectivity index (χ1) is 6.36. The molecule has 13 heavy (non-hydrogen) atoms. The average Bonchev–Trinajstić information content (AvgIpc) is 2.17. The van der Waals surface area contributed by atoms with E-state index in [1.807, 2.05) is 6.92 Å². The highest BCUT2D eigenvalue weighted by Gasteiger charge is 2.14. The molecule has 0 atom stereocenters. The summed E-state index contributed by atoms with van der Waals surface area (Å²) in [7, 11) is 0. The van der Waals surface area contributed by atoms with Gasteiger partial charge in [0.15, 0.2) is 0 Å². The highest BCUT2D eigenvalue weighted by molar-refractivity contribution is 4.98. The molecule has 1 aliphatic heterocycles. The van der Waals surface area contributed by atoms with Crippen LogP contribution >= 0.6 is 0 Å². The molecule has 1 heterocycles. The largest absolute Gasteiger partial charge is 0.290 e. The van der Waals surface area contributed by atoms with Crippen molar-refractivity contribution in [1.82, 2.24) is 9.80 Å². The Morgan fingerprint density at radius 1 is 1.08 bits per heavy atom. The van der Waals surface area contributed by atoms with Crippen LogP contribution in [0.15, 0.2) is 0 Å². The van der Waals surface area contributed by atoms with E-state index < -0.39 is 0 Å². The highest BCUT2D eigenvalue weighted by atomic mass is 15.3. The summed E-state index contributed by atoms with van der Waals surface area (Å²) in [5.74, 6) is 5.95. The summed E-state index contributed by atoms with van der Waals surface area (Å²) in [6, 6.07) is 2.17. The number of hydrogen-bond donors (Lipinski definition) is 0. The molecule has 0 unspecified atom stereocenters. The summed E-state index contributed by atoms with van der Waals surface area (Å²) >= 11 is 0. The van der Waals surface area contributed by atoms with Gasteiger partial charge in [-0.1, -0.05) is 5.92 Å². The van der Waals surface area contributed by atoms with Gasteiger partial charge in [0.1, 0.15) is 0 Å². The molecule has 70 valence electrons. The lowest BCUT2D eigenvalue weighted by Gasteiger charge is -2.31. The van der Waals surface area contributed by atoms with Crippen molar-refractivity contribution in [2.45, 2.75) is 6.92 Å². The summed E-state index contributed by atoms with van der Waals surface area (Å²) in [4.78, 5) is 4.50. The topological polar surface area (TPSA) is 30.3 Å². The van der Waals surface area contributed by atoms with Gasteiger partial charge in [-0.2, -0.15) is 5.26 Å². The van der Waals surface area contributed by atoms with Gasteiger partial charge < -0.3 is 0 Å². The molecule has 1 rings (SSSR count). The maximum absolute atomic E-state index is 8.50. The number of rotatable bonds is 2. The van der Waals surface area contributed by atoms with Crippen LogP contribution in [0.2, 0.25) is 0 Å². The van der Waals surface area contributed by atoms with E-state index in [1.165, 1.54) is 0 Å². The number of nitriles is 1. The first kappa shape index (κ1) is 10.1. The van der Waals surface area contributed by atoms with Crippen molar-refractivity contribution >= 4 is 0 Å². The molecule has 0 aliphatic carbocycles. The lowest BCUT2D eigenvalue weighted by Crippen LogP contribution is -2.46. The summed E-state index contributed by atoms with van der Waals surface area (Å²) in [5.41, 5.74) is 0. The van der Waals surface area contributed by atoms with Crippen molar-refractivity contribution in [2.24, 2.45) is 0 Å². The van der Waals surface area contributed by atoms with Crippen LogP contribution in [0.1, 0.15) is 6.92 Å². The summed E-state index contributed by atoms with van der Waals surface area (Å²) in [5, 5.41) is 8.50. The minimum atomic E-state index is 0.563. The Morgan fingerprint density at radius 3 is 2.08 bits per heavy atom. The van der Waals surface area contributed by atoms with Crippen molar-refractivity contribution in [3.63, 3.8) is 0 Å². The Bertz CT molecular complexity index is 235. The van der Waals surface area contributed by atoms with Gasteiger partial charge in [-0.25, -0.2) is 0 Å². The normalized spacial score (nSPS) is 18.8. The van der Waals surface area contributed by atoms with E-state index in [-0.39, 0.29) is 0 Å². The number of hydrogen-bond acceptors (Lipinski definition) is 3. The van der Waals surface area contributed by atoms with Crippen LogP contribution in [0.3, 0.4) is 0 Å². The van der Waals surface area contributed by atoms with Crippen molar-refractivity contribution in [2.75, 3.05) is 39.3 Å². The SMILES string of the molecule is CC#CCN1CCN(CC#N)CC1.